The molecule has 0 saturated carbocycles. The Labute approximate surface area is 167 Å². The van der Waals surface area contributed by atoms with Crippen LogP contribution in [0, 0.1) is 5.82 Å². The van der Waals surface area contributed by atoms with Gasteiger partial charge < -0.3 is 15.7 Å². The third-order valence-corrected chi connectivity index (χ3v) is 4.85. The number of carbonyl (C=O) groups is 2. The quantitative estimate of drug-likeness (QED) is 0.637. The number of nitrogens with one attached hydrogen (secondary N) is 2. The second-order valence-electron chi connectivity index (χ2n) is 6.44. The molecule has 1 aliphatic heterocycles. The molecule has 2 amide bonds. The van der Waals surface area contributed by atoms with Gasteiger partial charge in [-0.15, -0.1) is 0 Å². The molecule has 154 valence electrons. The Kier molecular flexibility index (Phi) is 5.81. The van der Waals surface area contributed by atoms with Gasteiger partial charge in [0.15, 0.2) is 6.10 Å². The summed E-state index contributed by atoms with van der Waals surface area (Å²) in [6, 6.07) is 7.02. The molecule has 5 nitrogen and oxygen atoms in total. The summed E-state index contributed by atoms with van der Waals surface area (Å²) >= 11 is 6.13. The van der Waals surface area contributed by atoms with Crippen LogP contribution in [0.2, 0.25) is 5.02 Å². The highest BCUT2D eigenvalue weighted by atomic mass is 35.5. The topological polar surface area (TPSA) is 78.4 Å². The lowest BCUT2D eigenvalue weighted by atomic mass is 9.93. The smallest absolute Gasteiger partial charge is 0.384 e. The third kappa shape index (κ3) is 4.35. The average Bonchev–Trinajstić information content (AvgIpc) is 2.99. The molecule has 2 atom stereocenters. The summed E-state index contributed by atoms with van der Waals surface area (Å²) < 4.78 is 50.8. The van der Waals surface area contributed by atoms with Gasteiger partial charge in [-0.05, 0) is 36.8 Å². The van der Waals surface area contributed by atoms with Crippen molar-refractivity contribution >= 4 is 23.4 Å². The molecule has 0 saturated heterocycles. The summed E-state index contributed by atoms with van der Waals surface area (Å²) in [5.74, 6) is -1.81. The van der Waals surface area contributed by atoms with Crippen LogP contribution < -0.4 is 10.6 Å². The Balaban J connectivity index is 1.88. The summed E-state index contributed by atoms with van der Waals surface area (Å²) in [6.45, 7) is -0.435. The van der Waals surface area contributed by atoms with Crippen molar-refractivity contribution in [3.05, 3.63) is 69.5 Å². The zero-order valence-electron chi connectivity index (χ0n) is 14.7. The maximum Gasteiger partial charge on any atom is 0.414 e. The minimum atomic E-state index is -4.78. The first-order chi connectivity index (χ1) is 13.6. The Morgan fingerprint density at radius 1 is 1.28 bits per heavy atom. The van der Waals surface area contributed by atoms with Crippen LogP contribution in [0.25, 0.3) is 0 Å². The first-order valence-electron chi connectivity index (χ1n) is 8.51. The number of rotatable bonds is 5. The van der Waals surface area contributed by atoms with Crippen LogP contribution in [0.3, 0.4) is 0 Å². The lowest BCUT2D eigenvalue weighted by molar-refractivity contribution is -0.204. The van der Waals surface area contributed by atoms with E-state index in [1.165, 1.54) is 24.3 Å². The van der Waals surface area contributed by atoms with E-state index < -0.39 is 48.9 Å². The first kappa shape index (κ1) is 21.1. The Morgan fingerprint density at radius 3 is 2.69 bits per heavy atom. The molecule has 10 heteroatoms. The van der Waals surface area contributed by atoms with Crippen LogP contribution in [0.5, 0.6) is 0 Å². The summed E-state index contributed by atoms with van der Waals surface area (Å²) in [5.41, 5.74) is 0.705. The fourth-order valence-electron chi connectivity index (χ4n) is 3.10. The van der Waals surface area contributed by atoms with Crippen molar-refractivity contribution in [1.29, 1.82) is 0 Å². The second kappa shape index (κ2) is 8.00. The van der Waals surface area contributed by atoms with E-state index in [4.69, 9.17) is 16.7 Å². The predicted molar refractivity (Wildman–Crippen MR) is 96.2 cm³/mol. The Hall–Kier alpha value is -2.65. The number of carbonyl (C=O) groups excluding carboxylic acids is 2. The van der Waals surface area contributed by atoms with Crippen LogP contribution in [-0.2, 0) is 0 Å². The maximum absolute atomic E-state index is 13.7. The largest absolute Gasteiger partial charge is 0.414 e. The molecule has 1 aliphatic rings. The number of amides is 2. The molecule has 0 aliphatic carbocycles. The van der Waals surface area contributed by atoms with E-state index in [2.05, 4.69) is 10.6 Å². The number of aliphatic hydroxyl groups is 1. The number of hydrogen-bond acceptors (Lipinski definition) is 3. The molecule has 2 aromatic rings. The van der Waals surface area contributed by atoms with Crippen molar-refractivity contribution in [3.63, 3.8) is 0 Å². The van der Waals surface area contributed by atoms with Gasteiger partial charge >= 0.3 is 6.18 Å². The number of fused-ring (bicyclic) bond motifs is 1. The lowest BCUT2D eigenvalue weighted by Gasteiger charge is -2.18. The maximum atomic E-state index is 13.7. The molecule has 3 rings (SSSR count). The first-order valence-corrected chi connectivity index (χ1v) is 8.89. The standard InChI is InChI=1S/C19H15ClF4N2O3/c20-13-5-4-9(21)8-12(13)16-15-10(2-1-3-11(15)18(29)26-16)17(28)25-7-6-14(27)19(22,23)24/h1-5,8,14,16,27H,6-7H2,(H,25,28)(H,26,29). The number of alkyl halides is 3. The molecule has 0 aromatic heterocycles. The van der Waals surface area contributed by atoms with Gasteiger partial charge in [-0.3, -0.25) is 9.59 Å². The van der Waals surface area contributed by atoms with Crippen LogP contribution >= 0.6 is 11.6 Å². The van der Waals surface area contributed by atoms with Crippen molar-refractivity contribution in [1.82, 2.24) is 10.6 Å². The van der Waals surface area contributed by atoms with Crippen molar-refractivity contribution in [2.45, 2.75) is 24.7 Å². The van der Waals surface area contributed by atoms with Gasteiger partial charge in [0.05, 0.1) is 6.04 Å². The summed E-state index contributed by atoms with van der Waals surface area (Å²) in [6.07, 6.45) is -8.07. The van der Waals surface area contributed by atoms with Gasteiger partial charge in [0.2, 0.25) is 0 Å². The highest BCUT2D eigenvalue weighted by Gasteiger charge is 2.38. The monoisotopic (exact) mass is 430 g/mol. The van der Waals surface area contributed by atoms with Gasteiger partial charge in [0, 0.05) is 33.8 Å². The molecule has 2 aromatic carbocycles. The third-order valence-electron chi connectivity index (χ3n) is 4.51. The molecule has 0 radical (unpaired) electrons. The van der Waals surface area contributed by atoms with Gasteiger partial charge in [0.1, 0.15) is 5.82 Å². The van der Waals surface area contributed by atoms with Gasteiger partial charge in [-0.1, -0.05) is 17.7 Å². The fraction of sp³-hybridized carbons (Fsp3) is 0.263. The van der Waals surface area contributed by atoms with E-state index in [1.807, 2.05) is 0 Å². The molecule has 2 unspecified atom stereocenters. The van der Waals surface area contributed by atoms with Crippen molar-refractivity contribution < 1.29 is 32.3 Å². The highest BCUT2D eigenvalue weighted by Crippen LogP contribution is 2.37. The summed E-state index contributed by atoms with van der Waals surface area (Å²) in [4.78, 5) is 24.8. The van der Waals surface area contributed by atoms with Crippen molar-refractivity contribution in [2.75, 3.05) is 6.54 Å². The number of halogens is 5. The zero-order chi connectivity index (χ0) is 21.3. The van der Waals surface area contributed by atoms with Crippen LogP contribution in [0.15, 0.2) is 36.4 Å². The van der Waals surface area contributed by atoms with Crippen molar-refractivity contribution in [3.8, 4) is 0 Å². The molecule has 29 heavy (non-hydrogen) atoms. The second-order valence-corrected chi connectivity index (χ2v) is 6.85. The minimum Gasteiger partial charge on any atom is -0.384 e. The SMILES string of the molecule is O=C(NCCC(O)C(F)(F)F)c1cccc2c1C(c1cc(F)ccc1Cl)NC2=O. The highest BCUT2D eigenvalue weighted by molar-refractivity contribution is 6.31. The van der Waals surface area contributed by atoms with Crippen LogP contribution in [0.4, 0.5) is 17.6 Å². The number of benzene rings is 2. The summed E-state index contributed by atoms with van der Waals surface area (Å²) in [5, 5.41) is 14.1. The predicted octanol–water partition coefficient (Wildman–Crippen LogP) is 3.36. The van der Waals surface area contributed by atoms with E-state index in [1.54, 1.807) is 0 Å². The molecule has 0 bridgehead atoms. The van der Waals surface area contributed by atoms with Crippen LogP contribution in [0.1, 0.15) is 44.3 Å². The molecule has 1 heterocycles. The number of aliphatic hydroxyl groups excluding tert-OH is 1. The normalized spacial score (nSPS) is 16.9. The zero-order valence-corrected chi connectivity index (χ0v) is 15.4. The Morgan fingerprint density at radius 2 is 2.00 bits per heavy atom. The molecule has 3 N–H and O–H groups in total. The van der Waals surface area contributed by atoms with Gasteiger partial charge in [-0.25, -0.2) is 4.39 Å². The molecule has 0 fully saturated rings. The molecule has 0 spiro atoms. The van der Waals surface area contributed by atoms with E-state index in [-0.39, 0.29) is 27.3 Å². The van der Waals surface area contributed by atoms with E-state index in [0.29, 0.717) is 0 Å². The molecular formula is C19H15ClF4N2O3. The van der Waals surface area contributed by atoms with E-state index >= 15 is 0 Å². The lowest BCUT2D eigenvalue weighted by Crippen LogP contribution is -2.34. The summed E-state index contributed by atoms with van der Waals surface area (Å²) in [7, 11) is 0. The average molecular weight is 431 g/mol. The van der Waals surface area contributed by atoms with Crippen LogP contribution in [-0.4, -0.2) is 35.7 Å². The molecular weight excluding hydrogens is 416 g/mol. The minimum absolute atomic E-state index is 0.0349. The van der Waals surface area contributed by atoms with E-state index in [9.17, 15) is 27.2 Å². The number of hydrogen-bond donors (Lipinski definition) is 3. The fourth-order valence-corrected chi connectivity index (χ4v) is 3.33. The van der Waals surface area contributed by atoms with Gasteiger partial charge in [0.25, 0.3) is 11.8 Å². The van der Waals surface area contributed by atoms with Gasteiger partial charge in [-0.2, -0.15) is 13.2 Å². The Bertz CT molecular complexity index is 965. The van der Waals surface area contributed by atoms with E-state index in [0.717, 1.165) is 12.1 Å². The van der Waals surface area contributed by atoms with Crippen molar-refractivity contribution in [2.24, 2.45) is 0 Å².